The van der Waals surface area contributed by atoms with Crippen LogP contribution in [-0.2, 0) is 6.54 Å². The highest BCUT2D eigenvalue weighted by atomic mass is 19.3. The summed E-state index contributed by atoms with van der Waals surface area (Å²) in [5.74, 6) is 0.818. The predicted octanol–water partition coefficient (Wildman–Crippen LogP) is 4.48. The summed E-state index contributed by atoms with van der Waals surface area (Å²) in [6, 6.07) is 13.3. The van der Waals surface area contributed by atoms with Crippen molar-refractivity contribution < 1.29 is 23.0 Å². The Labute approximate surface area is 177 Å². The number of nitrogens with zero attached hydrogens (tertiary/aromatic N) is 2. The van der Waals surface area contributed by atoms with Crippen LogP contribution in [0.3, 0.4) is 0 Å². The van der Waals surface area contributed by atoms with E-state index in [0.29, 0.717) is 30.5 Å². The summed E-state index contributed by atoms with van der Waals surface area (Å²) in [4.78, 5) is 11.1. The summed E-state index contributed by atoms with van der Waals surface area (Å²) in [7, 11) is 0. The van der Waals surface area contributed by atoms with Gasteiger partial charge in [-0.05, 0) is 54.7 Å². The molecule has 1 heterocycles. The number of hydrogen-bond donors (Lipinski definition) is 2. The van der Waals surface area contributed by atoms with Crippen molar-refractivity contribution >= 4 is 11.7 Å². The van der Waals surface area contributed by atoms with Crippen molar-refractivity contribution in [1.29, 1.82) is 0 Å². The fraction of sp³-hybridized carbons (Fsp3) is 0.273. The van der Waals surface area contributed by atoms with Crippen LogP contribution >= 0.6 is 0 Å². The van der Waals surface area contributed by atoms with E-state index >= 15 is 0 Å². The number of aromatic nitrogens is 2. The lowest BCUT2D eigenvalue weighted by Gasteiger charge is -2.13. The maximum Gasteiger partial charge on any atom is 0.387 e. The average molecular weight is 428 g/mol. The smallest absolute Gasteiger partial charge is 0.387 e. The van der Waals surface area contributed by atoms with E-state index in [9.17, 15) is 13.6 Å². The highest BCUT2D eigenvalue weighted by Gasteiger charge is 2.23. The molecule has 1 saturated carbocycles. The number of primary amides is 1. The van der Waals surface area contributed by atoms with Gasteiger partial charge in [0.25, 0.3) is 0 Å². The van der Waals surface area contributed by atoms with Crippen LogP contribution in [0.15, 0.2) is 54.7 Å². The number of halogens is 2. The molecule has 0 atom stereocenters. The van der Waals surface area contributed by atoms with Gasteiger partial charge in [0.05, 0.1) is 18.8 Å². The van der Waals surface area contributed by atoms with E-state index in [4.69, 9.17) is 10.5 Å². The van der Waals surface area contributed by atoms with Crippen LogP contribution in [0.4, 0.5) is 19.3 Å². The molecule has 2 amide bonds. The van der Waals surface area contributed by atoms with Crippen molar-refractivity contribution in [2.75, 3.05) is 11.9 Å². The number of alkyl halides is 2. The van der Waals surface area contributed by atoms with Gasteiger partial charge in [0.1, 0.15) is 0 Å². The maximum absolute atomic E-state index is 12.7. The molecule has 0 unspecified atom stereocenters. The number of carbonyl (C=O) groups is 1. The van der Waals surface area contributed by atoms with Crippen LogP contribution in [0.25, 0.3) is 11.3 Å². The summed E-state index contributed by atoms with van der Waals surface area (Å²) in [6.07, 6.45) is 4.01. The molecule has 1 fully saturated rings. The third-order valence-corrected chi connectivity index (χ3v) is 4.81. The van der Waals surface area contributed by atoms with Crippen molar-refractivity contribution in [3.8, 4) is 22.8 Å². The lowest BCUT2D eigenvalue weighted by atomic mass is 10.1. The lowest BCUT2D eigenvalue weighted by molar-refractivity contribution is -0.0515. The molecule has 0 spiro atoms. The Morgan fingerprint density at radius 3 is 2.77 bits per heavy atom. The maximum atomic E-state index is 12.7. The molecule has 4 rings (SSSR count). The van der Waals surface area contributed by atoms with Crippen LogP contribution in [0.5, 0.6) is 11.5 Å². The zero-order chi connectivity index (χ0) is 21.8. The number of nitrogens with two attached hydrogens (primary N) is 1. The number of urea groups is 1. The molecule has 162 valence electrons. The first-order valence-corrected chi connectivity index (χ1v) is 9.87. The zero-order valence-corrected chi connectivity index (χ0v) is 16.6. The summed E-state index contributed by atoms with van der Waals surface area (Å²) in [5.41, 5.74) is 8.12. The Kier molecular flexibility index (Phi) is 6.01. The molecule has 1 aliphatic carbocycles. The SMILES string of the molecule is NC(=O)Nc1cccc(-c2ccn(Cc3ccc(OC(F)F)c(OCC4CC4)c3)n2)c1. The van der Waals surface area contributed by atoms with Crippen LogP contribution in [-0.4, -0.2) is 29.0 Å². The third-order valence-electron chi connectivity index (χ3n) is 4.81. The highest BCUT2D eigenvalue weighted by molar-refractivity contribution is 5.88. The predicted molar refractivity (Wildman–Crippen MR) is 111 cm³/mol. The monoisotopic (exact) mass is 428 g/mol. The van der Waals surface area contributed by atoms with Gasteiger partial charge in [-0.1, -0.05) is 18.2 Å². The number of rotatable bonds is 9. The minimum absolute atomic E-state index is 0.0271. The lowest BCUT2D eigenvalue weighted by Crippen LogP contribution is -2.19. The van der Waals surface area contributed by atoms with E-state index < -0.39 is 12.6 Å². The summed E-state index contributed by atoms with van der Waals surface area (Å²) in [5, 5.41) is 7.10. The quantitative estimate of drug-likeness (QED) is 0.526. The molecule has 3 aromatic rings. The average Bonchev–Trinajstić information content (AvgIpc) is 3.44. The van der Waals surface area contributed by atoms with Gasteiger partial charge in [-0.25, -0.2) is 4.79 Å². The van der Waals surface area contributed by atoms with Crippen LogP contribution in [0, 0.1) is 5.92 Å². The van der Waals surface area contributed by atoms with Crippen LogP contribution < -0.4 is 20.5 Å². The number of ether oxygens (including phenoxy) is 2. The molecule has 0 aliphatic heterocycles. The van der Waals surface area contributed by atoms with E-state index in [2.05, 4.69) is 15.2 Å². The topological polar surface area (TPSA) is 91.4 Å². The first-order valence-electron chi connectivity index (χ1n) is 9.87. The zero-order valence-electron chi connectivity index (χ0n) is 16.6. The van der Waals surface area contributed by atoms with E-state index in [1.54, 1.807) is 35.0 Å². The van der Waals surface area contributed by atoms with Gasteiger partial charge >= 0.3 is 12.6 Å². The van der Waals surface area contributed by atoms with Gasteiger partial charge in [-0.3, -0.25) is 4.68 Å². The fourth-order valence-electron chi connectivity index (χ4n) is 3.14. The Bertz CT molecular complexity index is 1070. The second kappa shape index (κ2) is 9.03. The van der Waals surface area contributed by atoms with Crippen molar-refractivity contribution in [3.63, 3.8) is 0 Å². The molecule has 0 radical (unpaired) electrons. The van der Waals surface area contributed by atoms with Crippen LogP contribution in [0.1, 0.15) is 18.4 Å². The Morgan fingerprint density at radius 2 is 2.03 bits per heavy atom. The fourth-order valence-corrected chi connectivity index (χ4v) is 3.14. The van der Waals surface area contributed by atoms with E-state index in [-0.39, 0.29) is 5.75 Å². The Balaban J connectivity index is 1.49. The Hall–Kier alpha value is -3.62. The molecular formula is C22H22F2N4O3. The standard InChI is InChI=1S/C22H22F2N4O3/c23-21(24)31-19-7-6-15(10-20(19)30-13-14-4-5-14)12-28-9-8-18(27-28)16-2-1-3-17(11-16)26-22(25)29/h1-3,6-11,14,21H,4-5,12-13H2,(H3,25,26,29). The van der Waals surface area contributed by atoms with E-state index in [0.717, 1.165) is 29.7 Å². The molecule has 1 aliphatic rings. The highest BCUT2D eigenvalue weighted by Crippen LogP contribution is 2.34. The molecule has 31 heavy (non-hydrogen) atoms. The number of carbonyl (C=O) groups excluding carboxylic acids is 1. The number of amides is 2. The molecular weight excluding hydrogens is 406 g/mol. The third kappa shape index (κ3) is 5.71. The van der Waals surface area contributed by atoms with Gasteiger partial charge in [-0.2, -0.15) is 13.9 Å². The second-order valence-corrected chi connectivity index (χ2v) is 7.38. The number of anilines is 1. The van der Waals surface area contributed by atoms with Gasteiger partial charge in [0.15, 0.2) is 11.5 Å². The van der Waals surface area contributed by atoms with Crippen molar-refractivity contribution in [3.05, 3.63) is 60.3 Å². The number of hydrogen-bond acceptors (Lipinski definition) is 4. The first-order chi connectivity index (χ1) is 15.0. The minimum atomic E-state index is -2.91. The molecule has 1 aromatic heterocycles. The molecule has 9 heteroatoms. The molecule has 0 bridgehead atoms. The second-order valence-electron chi connectivity index (χ2n) is 7.38. The van der Waals surface area contributed by atoms with Gasteiger partial charge in [0.2, 0.25) is 0 Å². The van der Waals surface area contributed by atoms with Gasteiger partial charge in [0, 0.05) is 17.4 Å². The van der Waals surface area contributed by atoms with Gasteiger partial charge < -0.3 is 20.5 Å². The van der Waals surface area contributed by atoms with E-state index in [1.807, 2.05) is 18.3 Å². The van der Waals surface area contributed by atoms with Crippen molar-refractivity contribution in [2.24, 2.45) is 11.7 Å². The summed E-state index contributed by atoms with van der Waals surface area (Å²) in [6.45, 7) is -2.00. The summed E-state index contributed by atoms with van der Waals surface area (Å²) < 4.78 is 37.4. The molecule has 2 aromatic carbocycles. The van der Waals surface area contributed by atoms with Crippen molar-refractivity contribution in [1.82, 2.24) is 9.78 Å². The minimum Gasteiger partial charge on any atom is -0.489 e. The molecule has 3 N–H and O–H groups in total. The molecule has 7 nitrogen and oxygen atoms in total. The summed E-state index contributed by atoms with van der Waals surface area (Å²) >= 11 is 0. The normalized spacial score (nSPS) is 13.3. The first kappa shape index (κ1) is 20.6. The number of nitrogens with one attached hydrogen (secondary N) is 1. The molecule has 0 saturated heterocycles. The number of benzene rings is 2. The van der Waals surface area contributed by atoms with Gasteiger partial charge in [-0.15, -0.1) is 0 Å². The van der Waals surface area contributed by atoms with Crippen molar-refractivity contribution in [2.45, 2.75) is 26.0 Å². The Morgan fingerprint density at radius 1 is 1.19 bits per heavy atom. The van der Waals surface area contributed by atoms with E-state index in [1.165, 1.54) is 6.07 Å². The van der Waals surface area contributed by atoms with Crippen LogP contribution in [0.2, 0.25) is 0 Å². The largest absolute Gasteiger partial charge is 0.489 e.